The summed E-state index contributed by atoms with van der Waals surface area (Å²) in [6, 6.07) is 1.16. The van der Waals surface area contributed by atoms with E-state index in [2.05, 4.69) is 10.2 Å². The molecule has 4 nitrogen and oxygen atoms in total. The molecular formula is C12H22N2O2. The second-order valence-electron chi connectivity index (χ2n) is 4.97. The lowest BCUT2D eigenvalue weighted by Gasteiger charge is -2.40. The molecule has 0 aromatic rings. The van der Waals surface area contributed by atoms with Gasteiger partial charge in [0, 0.05) is 38.1 Å². The van der Waals surface area contributed by atoms with Gasteiger partial charge in [0.05, 0.1) is 0 Å². The number of carbonyl (C=O) groups is 1. The average molecular weight is 226 g/mol. The topological polar surface area (TPSA) is 52.6 Å². The first-order valence-electron chi connectivity index (χ1n) is 6.45. The molecule has 1 heterocycles. The summed E-state index contributed by atoms with van der Waals surface area (Å²) in [7, 11) is 0. The summed E-state index contributed by atoms with van der Waals surface area (Å²) < 4.78 is 0. The van der Waals surface area contributed by atoms with E-state index < -0.39 is 5.97 Å². The maximum atomic E-state index is 10.6. The van der Waals surface area contributed by atoms with Gasteiger partial charge in [0.15, 0.2) is 0 Å². The van der Waals surface area contributed by atoms with E-state index >= 15 is 0 Å². The van der Waals surface area contributed by atoms with E-state index in [9.17, 15) is 4.79 Å². The highest BCUT2D eigenvalue weighted by atomic mass is 16.4. The molecule has 1 aliphatic carbocycles. The van der Waals surface area contributed by atoms with Crippen LogP contribution in [0.25, 0.3) is 0 Å². The number of carboxylic acid groups (broad SMARTS) is 1. The Hall–Kier alpha value is -0.610. The fourth-order valence-corrected chi connectivity index (χ4v) is 3.05. The lowest BCUT2D eigenvalue weighted by molar-refractivity contribution is -0.137. The van der Waals surface area contributed by atoms with Crippen molar-refractivity contribution in [3.05, 3.63) is 0 Å². The van der Waals surface area contributed by atoms with E-state index in [0.29, 0.717) is 12.5 Å². The van der Waals surface area contributed by atoms with Crippen LogP contribution in [-0.2, 0) is 4.79 Å². The standard InChI is InChI=1S/C12H22N2O2/c15-12(16)6-5-11-9-13-7-8-14(11)10-3-1-2-4-10/h10-11,13H,1-9H2,(H,15,16). The van der Waals surface area contributed by atoms with Crippen molar-refractivity contribution in [1.82, 2.24) is 10.2 Å². The molecule has 1 aliphatic heterocycles. The number of hydrogen-bond acceptors (Lipinski definition) is 3. The van der Waals surface area contributed by atoms with Crippen LogP contribution in [0, 0.1) is 0 Å². The summed E-state index contributed by atoms with van der Waals surface area (Å²) in [4.78, 5) is 13.2. The van der Waals surface area contributed by atoms with Crippen molar-refractivity contribution in [2.75, 3.05) is 19.6 Å². The van der Waals surface area contributed by atoms with E-state index in [4.69, 9.17) is 5.11 Å². The van der Waals surface area contributed by atoms with Crippen LogP contribution < -0.4 is 5.32 Å². The van der Waals surface area contributed by atoms with E-state index in [1.807, 2.05) is 0 Å². The summed E-state index contributed by atoms with van der Waals surface area (Å²) in [5.41, 5.74) is 0. The molecule has 2 fully saturated rings. The van der Waals surface area contributed by atoms with Gasteiger partial charge in [-0.2, -0.15) is 0 Å². The molecule has 16 heavy (non-hydrogen) atoms. The molecule has 92 valence electrons. The summed E-state index contributed by atoms with van der Waals surface area (Å²) in [5.74, 6) is -0.669. The number of aliphatic carboxylic acids is 1. The first-order chi connectivity index (χ1) is 7.77. The van der Waals surface area contributed by atoms with Crippen LogP contribution in [0.3, 0.4) is 0 Å². The number of hydrogen-bond donors (Lipinski definition) is 2. The average Bonchev–Trinajstić information content (AvgIpc) is 2.80. The molecule has 0 spiro atoms. The van der Waals surface area contributed by atoms with Gasteiger partial charge < -0.3 is 10.4 Å². The highest BCUT2D eigenvalue weighted by molar-refractivity contribution is 5.66. The lowest BCUT2D eigenvalue weighted by Crippen LogP contribution is -2.54. The molecule has 1 unspecified atom stereocenters. The number of piperazine rings is 1. The molecule has 0 aromatic carbocycles. The second-order valence-corrected chi connectivity index (χ2v) is 4.97. The zero-order valence-corrected chi connectivity index (χ0v) is 9.82. The summed E-state index contributed by atoms with van der Waals surface area (Å²) in [5, 5.41) is 12.1. The van der Waals surface area contributed by atoms with E-state index in [1.165, 1.54) is 25.7 Å². The van der Waals surface area contributed by atoms with Gasteiger partial charge in [0.2, 0.25) is 0 Å². The molecule has 1 saturated carbocycles. The number of nitrogens with zero attached hydrogens (tertiary/aromatic N) is 1. The molecule has 4 heteroatoms. The quantitative estimate of drug-likeness (QED) is 0.753. The molecule has 2 rings (SSSR count). The van der Waals surface area contributed by atoms with Crippen molar-refractivity contribution < 1.29 is 9.90 Å². The van der Waals surface area contributed by atoms with Crippen LogP contribution in [0.1, 0.15) is 38.5 Å². The lowest BCUT2D eigenvalue weighted by atomic mass is 10.0. The van der Waals surface area contributed by atoms with Crippen molar-refractivity contribution in [1.29, 1.82) is 0 Å². The normalized spacial score (nSPS) is 28.4. The molecule has 0 bridgehead atoms. The fourth-order valence-electron chi connectivity index (χ4n) is 3.05. The maximum absolute atomic E-state index is 10.6. The third-order valence-electron chi connectivity index (χ3n) is 3.88. The highest BCUT2D eigenvalue weighted by Gasteiger charge is 2.30. The minimum atomic E-state index is -0.669. The molecule has 0 amide bonds. The first-order valence-corrected chi connectivity index (χ1v) is 6.45. The zero-order chi connectivity index (χ0) is 11.4. The Bertz CT molecular complexity index is 239. The number of rotatable bonds is 4. The van der Waals surface area contributed by atoms with E-state index in [-0.39, 0.29) is 0 Å². The van der Waals surface area contributed by atoms with Gasteiger partial charge in [-0.25, -0.2) is 0 Å². The Kier molecular flexibility index (Phi) is 4.18. The third-order valence-corrected chi connectivity index (χ3v) is 3.88. The Morgan fingerprint density at radius 1 is 1.38 bits per heavy atom. The number of carboxylic acids is 1. The van der Waals surface area contributed by atoms with E-state index in [1.54, 1.807) is 0 Å². The van der Waals surface area contributed by atoms with Crippen molar-refractivity contribution >= 4 is 5.97 Å². The van der Waals surface area contributed by atoms with Crippen LogP contribution >= 0.6 is 0 Å². The zero-order valence-electron chi connectivity index (χ0n) is 9.82. The smallest absolute Gasteiger partial charge is 0.303 e. The van der Waals surface area contributed by atoms with Crippen molar-refractivity contribution in [2.45, 2.75) is 50.6 Å². The van der Waals surface area contributed by atoms with Crippen molar-refractivity contribution in [2.24, 2.45) is 0 Å². The van der Waals surface area contributed by atoms with Crippen molar-refractivity contribution in [3.63, 3.8) is 0 Å². The Labute approximate surface area is 97.0 Å². The van der Waals surface area contributed by atoms with Gasteiger partial charge in [-0.1, -0.05) is 12.8 Å². The Morgan fingerprint density at radius 3 is 2.81 bits per heavy atom. The van der Waals surface area contributed by atoms with Crippen molar-refractivity contribution in [3.8, 4) is 0 Å². The van der Waals surface area contributed by atoms with Gasteiger partial charge in [0.1, 0.15) is 0 Å². The SMILES string of the molecule is O=C(O)CCC1CNCCN1C1CCCC1. The molecule has 2 aliphatic rings. The van der Waals surface area contributed by atoms with Gasteiger partial charge in [-0.15, -0.1) is 0 Å². The van der Waals surface area contributed by atoms with Crippen LogP contribution in [0.2, 0.25) is 0 Å². The highest BCUT2D eigenvalue weighted by Crippen LogP contribution is 2.26. The first kappa shape index (κ1) is 11.9. The minimum Gasteiger partial charge on any atom is -0.481 e. The largest absolute Gasteiger partial charge is 0.481 e. The third kappa shape index (κ3) is 2.95. The summed E-state index contributed by atoms with van der Waals surface area (Å²) >= 11 is 0. The van der Waals surface area contributed by atoms with Gasteiger partial charge >= 0.3 is 5.97 Å². The van der Waals surface area contributed by atoms with Gasteiger partial charge in [-0.05, 0) is 19.3 Å². The maximum Gasteiger partial charge on any atom is 0.303 e. The monoisotopic (exact) mass is 226 g/mol. The molecule has 0 radical (unpaired) electrons. The summed E-state index contributed by atoms with van der Waals surface area (Å²) in [6.45, 7) is 3.11. The van der Waals surface area contributed by atoms with Crippen LogP contribution in [0.15, 0.2) is 0 Å². The Morgan fingerprint density at radius 2 is 2.12 bits per heavy atom. The van der Waals surface area contributed by atoms with Crippen LogP contribution in [0.5, 0.6) is 0 Å². The fraction of sp³-hybridized carbons (Fsp3) is 0.917. The van der Waals surface area contributed by atoms with Crippen LogP contribution in [-0.4, -0.2) is 47.7 Å². The minimum absolute atomic E-state index is 0.301. The van der Waals surface area contributed by atoms with Crippen LogP contribution in [0.4, 0.5) is 0 Å². The second kappa shape index (κ2) is 5.64. The number of nitrogens with one attached hydrogen (secondary N) is 1. The predicted octanol–water partition coefficient (Wildman–Crippen LogP) is 1.07. The molecule has 0 aromatic heterocycles. The molecule has 1 saturated heterocycles. The molecule has 1 atom stereocenters. The predicted molar refractivity (Wildman–Crippen MR) is 62.5 cm³/mol. The van der Waals surface area contributed by atoms with Gasteiger partial charge in [-0.3, -0.25) is 9.69 Å². The van der Waals surface area contributed by atoms with Gasteiger partial charge in [0.25, 0.3) is 0 Å². The van der Waals surface area contributed by atoms with E-state index in [0.717, 1.165) is 32.1 Å². The molecule has 2 N–H and O–H groups in total. The molecular weight excluding hydrogens is 204 g/mol. The summed E-state index contributed by atoms with van der Waals surface area (Å²) in [6.07, 6.45) is 6.40. The Balaban J connectivity index is 1.88.